The zero-order valence-electron chi connectivity index (χ0n) is 9.77. The first kappa shape index (κ1) is 12.7. The van der Waals surface area contributed by atoms with Crippen molar-refractivity contribution in [2.24, 2.45) is 5.73 Å². The molecule has 0 bridgehead atoms. The van der Waals surface area contributed by atoms with Gasteiger partial charge in [0, 0.05) is 18.4 Å². The normalized spacial score (nSPS) is 10.1. The molecule has 18 heavy (non-hydrogen) atoms. The maximum atomic E-state index is 5.77. The minimum Gasteiger partial charge on any atom is -0.492 e. The minimum atomic E-state index is 0.509. The Morgan fingerprint density at radius 2 is 1.94 bits per heavy atom. The van der Waals surface area contributed by atoms with Crippen molar-refractivity contribution in [3.05, 3.63) is 47.6 Å². The molecule has 94 valence electrons. The van der Waals surface area contributed by atoms with Crippen LogP contribution in [0.4, 0.5) is 11.5 Å². The van der Waals surface area contributed by atoms with Crippen molar-refractivity contribution in [1.29, 1.82) is 0 Å². The van der Waals surface area contributed by atoms with Gasteiger partial charge in [0.05, 0.1) is 5.02 Å². The largest absolute Gasteiger partial charge is 0.492 e. The first-order chi connectivity index (χ1) is 8.78. The molecule has 0 amide bonds. The second-order valence-electron chi connectivity index (χ2n) is 3.65. The fourth-order valence-electron chi connectivity index (χ4n) is 1.41. The van der Waals surface area contributed by atoms with E-state index in [1.165, 1.54) is 0 Å². The Labute approximate surface area is 111 Å². The average molecular weight is 264 g/mol. The number of halogens is 1. The third-order valence-electron chi connectivity index (χ3n) is 2.24. The molecule has 3 N–H and O–H groups in total. The molecule has 1 heterocycles. The van der Waals surface area contributed by atoms with Crippen LogP contribution in [0, 0.1) is 0 Å². The molecule has 0 saturated heterocycles. The Bertz CT molecular complexity index is 485. The number of benzene rings is 1. The van der Waals surface area contributed by atoms with Gasteiger partial charge in [-0.2, -0.15) is 0 Å². The fraction of sp³-hybridized carbons (Fsp3) is 0.154. The number of hydrogen-bond donors (Lipinski definition) is 2. The maximum absolute atomic E-state index is 5.77. The van der Waals surface area contributed by atoms with E-state index >= 15 is 0 Å². The number of rotatable bonds is 5. The predicted molar refractivity (Wildman–Crippen MR) is 73.5 cm³/mol. The summed E-state index contributed by atoms with van der Waals surface area (Å²) in [7, 11) is 0. The van der Waals surface area contributed by atoms with Crippen LogP contribution >= 0.6 is 11.6 Å². The van der Waals surface area contributed by atoms with E-state index in [9.17, 15) is 0 Å². The van der Waals surface area contributed by atoms with Crippen LogP contribution in [0.15, 0.2) is 42.6 Å². The van der Waals surface area contributed by atoms with Crippen LogP contribution in [0.5, 0.6) is 5.75 Å². The fourth-order valence-corrected chi connectivity index (χ4v) is 1.52. The summed E-state index contributed by atoms with van der Waals surface area (Å²) in [6.45, 7) is 1.03. The molecule has 0 aliphatic heterocycles. The number of pyridine rings is 1. The molecule has 0 fully saturated rings. The standard InChI is InChI=1S/C13H14ClN3O/c14-10-1-6-13(16-9-10)17-11-2-4-12(5-3-11)18-8-7-15/h1-6,9H,7-8,15H2,(H,16,17). The number of nitrogens with zero attached hydrogens (tertiary/aromatic N) is 1. The number of anilines is 2. The van der Waals surface area contributed by atoms with E-state index in [-0.39, 0.29) is 0 Å². The van der Waals surface area contributed by atoms with Gasteiger partial charge < -0.3 is 15.8 Å². The number of ether oxygens (including phenoxy) is 1. The van der Waals surface area contributed by atoms with Crippen molar-refractivity contribution in [1.82, 2.24) is 4.98 Å². The Morgan fingerprint density at radius 3 is 2.56 bits per heavy atom. The van der Waals surface area contributed by atoms with Crippen molar-refractivity contribution in [3.8, 4) is 5.75 Å². The summed E-state index contributed by atoms with van der Waals surface area (Å²) >= 11 is 5.77. The molecule has 1 aromatic carbocycles. The molecule has 5 heteroatoms. The average Bonchev–Trinajstić information content (AvgIpc) is 2.41. The number of nitrogens with one attached hydrogen (secondary N) is 1. The van der Waals surface area contributed by atoms with E-state index in [0.29, 0.717) is 18.2 Å². The highest BCUT2D eigenvalue weighted by Gasteiger charge is 1.97. The first-order valence-electron chi connectivity index (χ1n) is 5.59. The minimum absolute atomic E-state index is 0.509. The highest BCUT2D eigenvalue weighted by atomic mass is 35.5. The van der Waals surface area contributed by atoms with Crippen LogP contribution in [0.3, 0.4) is 0 Å². The molecule has 0 aliphatic carbocycles. The zero-order chi connectivity index (χ0) is 12.8. The maximum Gasteiger partial charge on any atom is 0.130 e. The Morgan fingerprint density at radius 1 is 1.17 bits per heavy atom. The number of aromatic nitrogens is 1. The van der Waals surface area contributed by atoms with Crippen molar-refractivity contribution in [3.63, 3.8) is 0 Å². The van der Waals surface area contributed by atoms with Crippen molar-refractivity contribution >= 4 is 23.1 Å². The molecule has 1 aromatic heterocycles. The topological polar surface area (TPSA) is 60.2 Å². The lowest BCUT2D eigenvalue weighted by Gasteiger charge is -2.07. The third kappa shape index (κ3) is 3.61. The summed E-state index contributed by atoms with van der Waals surface area (Å²) in [6, 6.07) is 11.2. The van der Waals surface area contributed by atoms with Crippen LogP contribution < -0.4 is 15.8 Å². The molecule has 0 aliphatic rings. The summed E-state index contributed by atoms with van der Waals surface area (Å²) in [5.41, 5.74) is 6.30. The molecule has 0 spiro atoms. The van der Waals surface area contributed by atoms with Gasteiger partial charge in [-0.3, -0.25) is 0 Å². The van der Waals surface area contributed by atoms with E-state index in [1.807, 2.05) is 30.3 Å². The smallest absolute Gasteiger partial charge is 0.130 e. The lowest BCUT2D eigenvalue weighted by atomic mass is 10.3. The van der Waals surface area contributed by atoms with Gasteiger partial charge in [0.1, 0.15) is 18.2 Å². The summed E-state index contributed by atoms with van der Waals surface area (Å²) in [5, 5.41) is 3.78. The highest BCUT2D eigenvalue weighted by Crippen LogP contribution is 2.19. The predicted octanol–water partition coefficient (Wildman–Crippen LogP) is 2.82. The molecule has 0 unspecified atom stereocenters. The van der Waals surface area contributed by atoms with Gasteiger partial charge in [-0.15, -0.1) is 0 Å². The highest BCUT2D eigenvalue weighted by molar-refractivity contribution is 6.30. The molecule has 0 saturated carbocycles. The molecule has 0 atom stereocenters. The first-order valence-corrected chi connectivity index (χ1v) is 5.97. The van der Waals surface area contributed by atoms with Gasteiger partial charge in [-0.25, -0.2) is 4.98 Å². The van der Waals surface area contributed by atoms with Gasteiger partial charge in [0.15, 0.2) is 0 Å². The molecule has 2 aromatic rings. The van der Waals surface area contributed by atoms with Crippen LogP contribution in [-0.2, 0) is 0 Å². The van der Waals surface area contributed by atoms with Crippen molar-refractivity contribution in [2.45, 2.75) is 0 Å². The molecular weight excluding hydrogens is 250 g/mol. The van der Waals surface area contributed by atoms with Crippen LogP contribution in [0.25, 0.3) is 0 Å². The van der Waals surface area contributed by atoms with Gasteiger partial charge >= 0.3 is 0 Å². The summed E-state index contributed by atoms with van der Waals surface area (Å²) in [6.07, 6.45) is 1.60. The van der Waals surface area contributed by atoms with Gasteiger partial charge in [-0.05, 0) is 36.4 Å². The number of nitrogens with two attached hydrogens (primary N) is 1. The van der Waals surface area contributed by atoms with Crippen LogP contribution in [0.2, 0.25) is 5.02 Å². The second kappa shape index (κ2) is 6.23. The van der Waals surface area contributed by atoms with Crippen LogP contribution in [-0.4, -0.2) is 18.1 Å². The Kier molecular flexibility index (Phi) is 4.39. The summed E-state index contributed by atoms with van der Waals surface area (Å²) in [4.78, 5) is 4.15. The van der Waals surface area contributed by atoms with Gasteiger partial charge in [0.2, 0.25) is 0 Å². The van der Waals surface area contributed by atoms with E-state index in [1.54, 1.807) is 12.3 Å². The Hall–Kier alpha value is -1.78. The number of hydrogen-bond acceptors (Lipinski definition) is 4. The summed E-state index contributed by atoms with van der Waals surface area (Å²) in [5.74, 6) is 1.55. The lowest BCUT2D eigenvalue weighted by molar-refractivity contribution is 0.328. The molecular formula is C13H14ClN3O. The molecule has 4 nitrogen and oxygen atoms in total. The van der Waals surface area contributed by atoms with E-state index in [4.69, 9.17) is 22.1 Å². The monoisotopic (exact) mass is 263 g/mol. The SMILES string of the molecule is NCCOc1ccc(Nc2ccc(Cl)cn2)cc1. The van der Waals surface area contributed by atoms with E-state index < -0.39 is 0 Å². The van der Waals surface area contributed by atoms with Crippen LogP contribution in [0.1, 0.15) is 0 Å². The van der Waals surface area contributed by atoms with Crippen molar-refractivity contribution in [2.75, 3.05) is 18.5 Å². The quantitative estimate of drug-likeness (QED) is 0.871. The van der Waals surface area contributed by atoms with Crippen molar-refractivity contribution < 1.29 is 4.74 Å². The summed E-state index contributed by atoms with van der Waals surface area (Å²) < 4.78 is 5.39. The molecule has 0 radical (unpaired) electrons. The zero-order valence-corrected chi connectivity index (χ0v) is 10.5. The van der Waals surface area contributed by atoms with E-state index in [0.717, 1.165) is 17.3 Å². The Balaban J connectivity index is 1.99. The third-order valence-corrected chi connectivity index (χ3v) is 2.46. The van der Waals surface area contributed by atoms with E-state index in [2.05, 4.69) is 10.3 Å². The second-order valence-corrected chi connectivity index (χ2v) is 4.08. The lowest BCUT2D eigenvalue weighted by Crippen LogP contribution is -2.10. The van der Waals surface area contributed by atoms with Gasteiger partial charge in [0.25, 0.3) is 0 Å². The molecule has 2 rings (SSSR count). The van der Waals surface area contributed by atoms with Gasteiger partial charge in [-0.1, -0.05) is 11.6 Å².